The molecule has 0 aliphatic rings. The van der Waals surface area contributed by atoms with Crippen molar-refractivity contribution in [3.63, 3.8) is 0 Å². The van der Waals surface area contributed by atoms with E-state index in [2.05, 4.69) is 5.32 Å². The molecule has 3 N–H and O–H groups in total. The van der Waals surface area contributed by atoms with Crippen LogP contribution in [0, 0.1) is 17.1 Å². The van der Waals surface area contributed by atoms with Gasteiger partial charge < -0.3 is 15.8 Å². The second kappa shape index (κ2) is 5.27. The zero-order chi connectivity index (χ0) is 13.8. The summed E-state index contributed by atoms with van der Waals surface area (Å²) in [5.74, 6) is 0.0806. The van der Waals surface area contributed by atoms with Gasteiger partial charge in [0.25, 0.3) is 0 Å². The predicted octanol–water partition coefficient (Wildman–Crippen LogP) is 3.03. The highest BCUT2D eigenvalue weighted by atomic mass is 19.1. The number of nitrogens with zero attached hydrogens (tertiary/aromatic N) is 1. The maximum Gasteiger partial charge on any atom is 0.143 e. The highest BCUT2D eigenvalue weighted by Gasteiger charge is 2.06. The summed E-state index contributed by atoms with van der Waals surface area (Å²) in [7, 11) is 1.50. The minimum absolute atomic E-state index is 0.329. The number of hydrogen-bond donors (Lipinski definition) is 2. The molecule has 96 valence electrons. The van der Waals surface area contributed by atoms with Crippen molar-refractivity contribution >= 4 is 17.1 Å². The Balaban J connectivity index is 2.35. The third-order valence-corrected chi connectivity index (χ3v) is 2.53. The molecular weight excluding hydrogens is 245 g/mol. The van der Waals surface area contributed by atoms with E-state index in [1.165, 1.54) is 19.2 Å². The van der Waals surface area contributed by atoms with Gasteiger partial charge in [-0.25, -0.2) is 4.39 Å². The summed E-state index contributed by atoms with van der Waals surface area (Å²) in [5.41, 5.74) is 7.54. The summed E-state index contributed by atoms with van der Waals surface area (Å²) in [4.78, 5) is 0. The first-order chi connectivity index (χ1) is 9.12. The predicted molar refractivity (Wildman–Crippen MR) is 71.8 cm³/mol. The second-order valence-corrected chi connectivity index (χ2v) is 3.93. The third-order valence-electron chi connectivity index (χ3n) is 2.53. The highest BCUT2D eigenvalue weighted by molar-refractivity contribution is 5.69. The lowest BCUT2D eigenvalue weighted by molar-refractivity contribution is 0.416. The Morgan fingerprint density at radius 3 is 2.68 bits per heavy atom. The number of hydrogen-bond acceptors (Lipinski definition) is 4. The van der Waals surface area contributed by atoms with Crippen LogP contribution < -0.4 is 15.8 Å². The van der Waals surface area contributed by atoms with Gasteiger partial charge in [-0.1, -0.05) is 0 Å². The van der Waals surface area contributed by atoms with Crippen LogP contribution in [0.1, 0.15) is 5.56 Å². The molecule has 0 heterocycles. The molecule has 2 rings (SSSR count). The van der Waals surface area contributed by atoms with Gasteiger partial charge in [0.1, 0.15) is 11.6 Å². The Hall–Kier alpha value is -2.74. The number of benzene rings is 2. The van der Waals surface area contributed by atoms with Crippen LogP contribution in [0.2, 0.25) is 0 Å². The number of rotatable bonds is 3. The Kier molecular flexibility index (Phi) is 3.53. The molecule has 0 unspecified atom stereocenters. The van der Waals surface area contributed by atoms with Gasteiger partial charge in [0.05, 0.1) is 24.4 Å². The van der Waals surface area contributed by atoms with Crippen LogP contribution in [0.15, 0.2) is 36.4 Å². The summed E-state index contributed by atoms with van der Waals surface area (Å²) in [6.45, 7) is 0. The van der Waals surface area contributed by atoms with Gasteiger partial charge in [0.15, 0.2) is 0 Å². The molecule has 4 nitrogen and oxygen atoms in total. The van der Waals surface area contributed by atoms with E-state index in [9.17, 15) is 4.39 Å². The molecule has 2 aromatic rings. The lowest BCUT2D eigenvalue weighted by Crippen LogP contribution is -1.97. The topological polar surface area (TPSA) is 71.1 Å². The van der Waals surface area contributed by atoms with E-state index >= 15 is 0 Å². The summed E-state index contributed by atoms with van der Waals surface area (Å²) in [6.07, 6.45) is 0. The van der Waals surface area contributed by atoms with E-state index < -0.39 is 5.82 Å². The van der Waals surface area contributed by atoms with Crippen LogP contribution in [0.3, 0.4) is 0 Å². The molecule has 0 radical (unpaired) electrons. The number of nitrogen functional groups attached to an aromatic ring is 1. The highest BCUT2D eigenvalue weighted by Crippen LogP contribution is 2.29. The van der Waals surface area contributed by atoms with E-state index in [1.54, 1.807) is 24.3 Å². The van der Waals surface area contributed by atoms with Crippen molar-refractivity contribution in [2.75, 3.05) is 18.2 Å². The molecule has 5 heteroatoms. The molecule has 0 saturated carbocycles. The molecule has 2 aromatic carbocycles. The van der Waals surface area contributed by atoms with E-state index in [0.29, 0.717) is 28.4 Å². The van der Waals surface area contributed by atoms with Gasteiger partial charge in [-0.15, -0.1) is 0 Å². The number of nitrogens with two attached hydrogens (primary N) is 1. The smallest absolute Gasteiger partial charge is 0.143 e. The lowest BCUT2D eigenvalue weighted by atomic mass is 10.2. The number of halogens is 1. The van der Waals surface area contributed by atoms with E-state index in [-0.39, 0.29) is 0 Å². The van der Waals surface area contributed by atoms with Crippen LogP contribution in [0.25, 0.3) is 0 Å². The molecule has 0 aromatic heterocycles. The molecule has 0 amide bonds. The van der Waals surface area contributed by atoms with E-state index in [1.807, 2.05) is 6.07 Å². The van der Waals surface area contributed by atoms with Gasteiger partial charge in [-0.05, 0) is 30.3 Å². The number of anilines is 3. The molecule has 0 fully saturated rings. The third kappa shape index (κ3) is 2.93. The van der Waals surface area contributed by atoms with Crippen LogP contribution in [0.4, 0.5) is 21.5 Å². The molecule has 19 heavy (non-hydrogen) atoms. The fraction of sp³-hybridized carbons (Fsp3) is 0.0714. The standard InChI is InChI=1S/C14H12FN3O/c1-19-14-4-9(8-16)2-3-13(14)18-12-6-10(15)5-11(17)7-12/h2-7,18H,17H2,1H3. The fourth-order valence-electron chi connectivity index (χ4n) is 1.70. The minimum atomic E-state index is -0.421. The van der Waals surface area contributed by atoms with E-state index in [0.717, 1.165) is 0 Å². The summed E-state index contributed by atoms with van der Waals surface area (Å²) < 4.78 is 18.4. The van der Waals surface area contributed by atoms with Crippen molar-refractivity contribution in [1.82, 2.24) is 0 Å². The normalized spacial score (nSPS) is 9.74. The van der Waals surface area contributed by atoms with Crippen molar-refractivity contribution in [2.45, 2.75) is 0 Å². The van der Waals surface area contributed by atoms with Crippen LogP contribution >= 0.6 is 0 Å². The SMILES string of the molecule is COc1cc(C#N)ccc1Nc1cc(N)cc(F)c1. The Morgan fingerprint density at radius 2 is 2.05 bits per heavy atom. The molecular formula is C14H12FN3O. The van der Waals surface area contributed by atoms with Gasteiger partial charge in [-0.2, -0.15) is 5.26 Å². The van der Waals surface area contributed by atoms with Crippen LogP contribution in [0.5, 0.6) is 5.75 Å². The summed E-state index contributed by atoms with van der Waals surface area (Å²) in [5, 5.41) is 11.8. The number of nitriles is 1. The van der Waals surface area contributed by atoms with E-state index in [4.69, 9.17) is 15.7 Å². The summed E-state index contributed by atoms with van der Waals surface area (Å²) >= 11 is 0. The van der Waals surface area contributed by atoms with Gasteiger partial charge in [-0.3, -0.25) is 0 Å². The molecule has 0 bridgehead atoms. The monoisotopic (exact) mass is 257 g/mol. The molecule has 0 saturated heterocycles. The first-order valence-electron chi connectivity index (χ1n) is 5.53. The molecule has 0 aliphatic carbocycles. The lowest BCUT2D eigenvalue weighted by Gasteiger charge is -2.12. The van der Waals surface area contributed by atoms with Crippen molar-refractivity contribution in [2.24, 2.45) is 0 Å². The quantitative estimate of drug-likeness (QED) is 0.829. The molecule has 0 spiro atoms. The van der Waals surface area contributed by atoms with Crippen molar-refractivity contribution in [3.05, 3.63) is 47.8 Å². The van der Waals surface area contributed by atoms with Crippen LogP contribution in [-0.4, -0.2) is 7.11 Å². The van der Waals surface area contributed by atoms with Crippen molar-refractivity contribution in [3.8, 4) is 11.8 Å². The zero-order valence-corrected chi connectivity index (χ0v) is 10.3. The average Bonchev–Trinajstić information content (AvgIpc) is 2.38. The molecule has 0 atom stereocenters. The summed E-state index contributed by atoms with van der Waals surface area (Å²) in [6, 6.07) is 11.1. The second-order valence-electron chi connectivity index (χ2n) is 3.93. The number of nitrogens with one attached hydrogen (secondary N) is 1. The Labute approximate surface area is 110 Å². The maximum absolute atomic E-state index is 13.2. The van der Waals surface area contributed by atoms with Gasteiger partial charge in [0.2, 0.25) is 0 Å². The zero-order valence-electron chi connectivity index (χ0n) is 10.3. The fourth-order valence-corrected chi connectivity index (χ4v) is 1.70. The number of methoxy groups -OCH3 is 1. The van der Waals surface area contributed by atoms with Crippen molar-refractivity contribution in [1.29, 1.82) is 5.26 Å². The van der Waals surface area contributed by atoms with Gasteiger partial charge in [0, 0.05) is 17.4 Å². The Bertz CT molecular complexity index is 629. The average molecular weight is 257 g/mol. The molecule has 0 aliphatic heterocycles. The first kappa shape index (κ1) is 12.7. The maximum atomic E-state index is 13.2. The van der Waals surface area contributed by atoms with Gasteiger partial charge >= 0.3 is 0 Å². The Morgan fingerprint density at radius 1 is 1.26 bits per heavy atom. The van der Waals surface area contributed by atoms with Crippen molar-refractivity contribution < 1.29 is 9.13 Å². The largest absolute Gasteiger partial charge is 0.495 e. The number of ether oxygens (including phenoxy) is 1. The first-order valence-corrected chi connectivity index (χ1v) is 5.53. The van der Waals surface area contributed by atoms with Crippen LogP contribution in [-0.2, 0) is 0 Å². The minimum Gasteiger partial charge on any atom is -0.495 e.